The first-order valence-electron chi connectivity index (χ1n) is 13.7. The number of benzene rings is 3. The first kappa shape index (κ1) is 32.8. The van der Waals surface area contributed by atoms with Crippen LogP contribution in [0.25, 0.3) is 0 Å². The van der Waals surface area contributed by atoms with Gasteiger partial charge in [0.25, 0.3) is 5.91 Å². The minimum atomic E-state index is -1.83. The van der Waals surface area contributed by atoms with Crippen LogP contribution < -0.4 is 16.0 Å². The van der Waals surface area contributed by atoms with E-state index in [1.807, 2.05) is 0 Å². The first-order chi connectivity index (χ1) is 20.9. The second kappa shape index (κ2) is 14.1. The number of hydrogen-bond donors (Lipinski definition) is 4. The summed E-state index contributed by atoms with van der Waals surface area (Å²) in [5.41, 5.74) is -0.0305. The number of thioether (sulfide) groups is 1. The molecule has 1 aliphatic rings. The number of hydrogen-bond acceptors (Lipinski definition) is 5. The molecule has 0 spiro atoms. The highest BCUT2D eigenvalue weighted by Crippen LogP contribution is 2.40. The van der Waals surface area contributed by atoms with Crippen LogP contribution >= 0.6 is 11.8 Å². The van der Waals surface area contributed by atoms with Gasteiger partial charge in [0.15, 0.2) is 6.10 Å². The molecule has 3 atom stereocenters. The Morgan fingerprint density at radius 1 is 0.864 bits per heavy atom. The highest BCUT2D eigenvalue weighted by Gasteiger charge is 2.49. The number of rotatable bonds is 10. The third-order valence-electron chi connectivity index (χ3n) is 7.31. The molecular formula is C31H32F4N4O4S. The average Bonchev–Trinajstić information content (AvgIpc) is 3.30. The van der Waals surface area contributed by atoms with Gasteiger partial charge in [-0.3, -0.25) is 9.59 Å². The molecule has 4 amide bonds. The summed E-state index contributed by atoms with van der Waals surface area (Å²) in [5.74, 6) is -4.89. The van der Waals surface area contributed by atoms with Crippen molar-refractivity contribution in [3.63, 3.8) is 0 Å². The van der Waals surface area contributed by atoms with Crippen LogP contribution in [0.5, 0.6) is 0 Å². The Morgan fingerprint density at radius 3 is 1.93 bits per heavy atom. The maximum absolute atomic E-state index is 14.1. The number of aliphatic hydroxyl groups is 1. The van der Waals surface area contributed by atoms with E-state index in [0.717, 1.165) is 29.2 Å². The lowest BCUT2D eigenvalue weighted by molar-refractivity contribution is -0.147. The topological polar surface area (TPSA) is 111 Å². The van der Waals surface area contributed by atoms with E-state index in [1.165, 1.54) is 23.9 Å². The van der Waals surface area contributed by atoms with Gasteiger partial charge in [-0.15, -0.1) is 11.8 Å². The molecule has 0 saturated carbocycles. The van der Waals surface area contributed by atoms with Gasteiger partial charge in [0.2, 0.25) is 5.91 Å². The molecule has 3 aromatic carbocycles. The molecule has 0 radical (unpaired) electrons. The molecule has 1 unspecified atom stereocenters. The van der Waals surface area contributed by atoms with Crippen molar-refractivity contribution in [3.8, 4) is 0 Å². The molecule has 3 aromatic rings. The van der Waals surface area contributed by atoms with Crippen molar-refractivity contribution < 1.29 is 37.1 Å². The molecule has 0 aliphatic carbocycles. The van der Waals surface area contributed by atoms with Gasteiger partial charge >= 0.3 is 6.03 Å². The van der Waals surface area contributed by atoms with Crippen molar-refractivity contribution in [2.75, 3.05) is 5.88 Å². The molecule has 1 saturated heterocycles. The number of carbonyl (C=O) groups is 3. The van der Waals surface area contributed by atoms with E-state index in [4.69, 9.17) is 0 Å². The summed E-state index contributed by atoms with van der Waals surface area (Å²) < 4.78 is 55.5. The van der Waals surface area contributed by atoms with Crippen LogP contribution in [0.3, 0.4) is 0 Å². The lowest BCUT2D eigenvalue weighted by Gasteiger charge is -2.33. The van der Waals surface area contributed by atoms with E-state index in [9.17, 15) is 37.1 Å². The second-order valence-electron chi connectivity index (χ2n) is 10.8. The quantitative estimate of drug-likeness (QED) is 0.253. The molecule has 1 fully saturated rings. The van der Waals surface area contributed by atoms with Crippen LogP contribution in [-0.2, 0) is 29.1 Å². The summed E-state index contributed by atoms with van der Waals surface area (Å²) in [4.78, 5) is 41.0. The maximum atomic E-state index is 14.1. The number of urea groups is 1. The first-order valence-corrected chi connectivity index (χ1v) is 14.7. The zero-order valence-electron chi connectivity index (χ0n) is 24.0. The summed E-state index contributed by atoms with van der Waals surface area (Å²) in [6, 6.07) is 12.1. The van der Waals surface area contributed by atoms with Gasteiger partial charge in [-0.05, 0) is 50.1 Å². The Morgan fingerprint density at radius 2 is 1.39 bits per heavy atom. The lowest BCUT2D eigenvalue weighted by Crippen LogP contribution is -2.59. The van der Waals surface area contributed by atoms with Crippen molar-refractivity contribution in [3.05, 3.63) is 107 Å². The van der Waals surface area contributed by atoms with Crippen LogP contribution in [0.2, 0.25) is 0 Å². The molecule has 44 heavy (non-hydrogen) atoms. The van der Waals surface area contributed by atoms with Crippen molar-refractivity contribution in [1.82, 2.24) is 20.9 Å². The van der Waals surface area contributed by atoms with Gasteiger partial charge in [0, 0.05) is 22.4 Å². The Balaban J connectivity index is 1.50. The van der Waals surface area contributed by atoms with E-state index in [0.29, 0.717) is 5.56 Å². The molecule has 8 nitrogen and oxygen atoms in total. The summed E-state index contributed by atoms with van der Waals surface area (Å²) in [6.07, 6.45) is -1.83. The summed E-state index contributed by atoms with van der Waals surface area (Å²) in [6.45, 7) is 2.49. The summed E-state index contributed by atoms with van der Waals surface area (Å²) in [5, 5.41) is 18.6. The molecule has 1 aliphatic heterocycles. The van der Waals surface area contributed by atoms with E-state index in [2.05, 4.69) is 16.0 Å². The Bertz CT molecular complexity index is 1470. The highest BCUT2D eigenvalue weighted by molar-refractivity contribution is 8.00. The third kappa shape index (κ3) is 7.69. The Labute approximate surface area is 256 Å². The van der Waals surface area contributed by atoms with Crippen molar-refractivity contribution in [1.29, 1.82) is 0 Å². The number of nitrogens with one attached hydrogen (secondary N) is 3. The van der Waals surface area contributed by atoms with Crippen molar-refractivity contribution in [2.45, 2.75) is 56.3 Å². The number of carbonyl (C=O) groups excluding carboxylic acids is 3. The normalized spacial score (nSPS) is 17.1. The molecule has 4 N–H and O–H groups in total. The molecule has 1 heterocycles. The van der Waals surface area contributed by atoms with Gasteiger partial charge in [-0.1, -0.05) is 42.5 Å². The lowest BCUT2D eigenvalue weighted by atomic mass is 9.97. The monoisotopic (exact) mass is 632 g/mol. The Kier molecular flexibility index (Phi) is 10.5. The van der Waals surface area contributed by atoms with Gasteiger partial charge in [-0.2, -0.15) is 0 Å². The predicted octanol–water partition coefficient (Wildman–Crippen LogP) is 4.01. The van der Waals surface area contributed by atoms with E-state index in [1.54, 1.807) is 44.2 Å². The van der Waals surface area contributed by atoms with E-state index in [-0.39, 0.29) is 23.4 Å². The summed E-state index contributed by atoms with van der Waals surface area (Å²) in [7, 11) is 0. The molecule has 0 bridgehead atoms. The largest absolute Gasteiger partial charge is 0.381 e. The highest BCUT2D eigenvalue weighted by atomic mass is 32.2. The van der Waals surface area contributed by atoms with Crippen LogP contribution in [-0.4, -0.2) is 56.7 Å². The van der Waals surface area contributed by atoms with Crippen molar-refractivity contribution >= 4 is 29.6 Å². The van der Waals surface area contributed by atoms with Crippen LogP contribution in [0.15, 0.2) is 66.7 Å². The fourth-order valence-corrected chi connectivity index (χ4v) is 6.07. The zero-order chi connectivity index (χ0) is 32.0. The molecular weight excluding hydrogens is 600 g/mol. The van der Waals surface area contributed by atoms with Crippen LogP contribution in [0.4, 0.5) is 22.4 Å². The molecule has 4 rings (SSSR count). The fourth-order valence-electron chi connectivity index (χ4n) is 4.93. The van der Waals surface area contributed by atoms with Gasteiger partial charge in [0.1, 0.15) is 29.3 Å². The standard InChI is InChI=1S/C31H32F4N4O4S/c1-31(2)27(28(41)36-15-19-21(32)10-6-11-22(19)33)39(17-44-31)29(42)26(40)25(14-18-8-4-3-5-9-18)38-30(43)37-16-20-23(34)12-7-13-24(20)35/h3-13,25-27,40H,14-17H2,1-2H3,(H,36,41)(H2,37,38,43)/t25-,26-,27?/m0/s1. The van der Waals surface area contributed by atoms with Gasteiger partial charge < -0.3 is 26.0 Å². The fraction of sp³-hybridized carbons (Fsp3) is 0.323. The van der Waals surface area contributed by atoms with Crippen molar-refractivity contribution in [2.24, 2.45) is 0 Å². The minimum Gasteiger partial charge on any atom is -0.381 e. The zero-order valence-corrected chi connectivity index (χ0v) is 24.8. The van der Waals surface area contributed by atoms with Crippen LogP contribution in [0.1, 0.15) is 30.5 Å². The number of amides is 4. The maximum Gasteiger partial charge on any atom is 0.315 e. The predicted molar refractivity (Wildman–Crippen MR) is 157 cm³/mol. The van der Waals surface area contributed by atoms with E-state index < -0.39 is 77.1 Å². The number of halogens is 4. The summed E-state index contributed by atoms with van der Waals surface area (Å²) >= 11 is 1.27. The van der Waals surface area contributed by atoms with Crippen LogP contribution in [0, 0.1) is 23.3 Å². The third-order valence-corrected chi connectivity index (χ3v) is 8.69. The SMILES string of the molecule is CC1(C)SCN(C(=O)[C@@H](O)[C@H](Cc2ccccc2)NC(=O)NCc2c(F)cccc2F)C1C(=O)NCc1c(F)cccc1F. The second-order valence-corrected chi connectivity index (χ2v) is 12.4. The van der Waals surface area contributed by atoms with E-state index >= 15 is 0 Å². The van der Waals surface area contributed by atoms with Gasteiger partial charge in [0.05, 0.1) is 18.5 Å². The number of nitrogens with zero attached hydrogens (tertiary/aromatic N) is 1. The Hall–Kier alpha value is -4.10. The molecule has 13 heteroatoms. The van der Waals surface area contributed by atoms with Gasteiger partial charge in [-0.25, -0.2) is 22.4 Å². The molecule has 234 valence electrons. The molecule has 0 aromatic heterocycles. The minimum absolute atomic E-state index is 0.00300. The average molecular weight is 633 g/mol. The number of aliphatic hydroxyl groups excluding tert-OH is 1. The smallest absolute Gasteiger partial charge is 0.315 e.